The van der Waals surface area contributed by atoms with Crippen LogP contribution in [0, 0.1) is 17.9 Å². The summed E-state index contributed by atoms with van der Waals surface area (Å²) >= 11 is 0. The zero-order chi connectivity index (χ0) is 42.1. The Balaban J connectivity index is 1.28. The van der Waals surface area contributed by atoms with Crippen molar-refractivity contribution in [3.8, 4) is 28.3 Å². The topological polar surface area (TPSA) is 34.6 Å². The summed E-state index contributed by atoms with van der Waals surface area (Å²) in [5.74, 6) is 0. The Morgan fingerprint density at radius 3 is 1.33 bits per heavy atom. The molecule has 0 bridgehead atoms. The van der Waals surface area contributed by atoms with Crippen LogP contribution < -0.4 is 9.80 Å². The van der Waals surface area contributed by atoms with Crippen LogP contribution in [0.3, 0.4) is 0 Å². The lowest BCUT2D eigenvalue weighted by Gasteiger charge is -2.34. The first-order chi connectivity index (χ1) is 31.2. The zero-order valence-electron chi connectivity index (χ0n) is 34.1. The highest BCUT2D eigenvalue weighted by atomic mass is 15.2. The van der Waals surface area contributed by atoms with Crippen molar-refractivity contribution in [2.75, 3.05) is 9.80 Å². The van der Waals surface area contributed by atoms with Gasteiger partial charge in [-0.25, -0.2) is 4.85 Å². The monoisotopic (exact) mass is 800 g/mol. The van der Waals surface area contributed by atoms with Gasteiger partial charge in [-0.2, -0.15) is 5.26 Å². The minimum absolute atomic E-state index is 0.578. The SMILES string of the molecule is [C-]#[N+]c1ccccc1N(c1ccccc1)c1cc2c(c3ccccc13)-c1c(cc(N(c3ccccc3)c3ccccc3C#N)c3ccccc13)C21c2ccccc2-c2ccccc21. The normalized spacial score (nSPS) is 12.5. The van der Waals surface area contributed by atoms with Gasteiger partial charge in [-0.3, -0.25) is 0 Å². The molecule has 292 valence electrons. The van der Waals surface area contributed by atoms with E-state index in [9.17, 15) is 5.26 Å². The van der Waals surface area contributed by atoms with Crippen LogP contribution in [0.25, 0.3) is 48.6 Å². The molecule has 0 N–H and O–H groups in total. The minimum atomic E-state index is -0.742. The molecule has 12 rings (SSSR count). The minimum Gasteiger partial charge on any atom is -0.320 e. The molecule has 10 aromatic rings. The molecule has 0 atom stereocenters. The van der Waals surface area contributed by atoms with Gasteiger partial charge < -0.3 is 9.80 Å². The van der Waals surface area contributed by atoms with Crippen molar-refractivity contribution in [2.24, 2.45) is 0 Å². The standard InChI is InChI=1S/C59H36N4/c1-61-52-33-17-19-35-54(52)63(41-23-6-3-7-24-41)56-37-51-58(47-30-12-10-28-45(47)56)57-46-29-11-9-27-44(46)55(62(40-21-4-2-5-22-40)53-34-18-8-20-39(53)38-60)36-50(57)59(51)48-31-15-13-25-42(48)43-26-14-16-32-49(43)59/h2-37H. The Labute approximate surface area is 366 Å². The summed E-state index contributed by atoms with van der Waals surface area (Å²) in [6.45, 7) is 8.33. The quantitative estimate of drug-likeness (QED) is 0.157. The lowest BCUT2D eigenvalue weighted by molar-refractivity contribution is 0.795. The first kappa shape index (κ1) is 36.2. The highest BCUT2D eigenvalue weighted by molar-refractivity contribution is 6.19. The van der Waals surface area contributed by atoms with Crippen molar-refractivity contribution >= 4 is 61.4 Å². The van der Waals surface area contributed by atoms with E-state index in [-0.39, 0.29) is 0 Å². The Morgan fingerprint density at radius 2 is 0.810 bits per heavy atom. The van der Waals surface area contributed by atoms with E-state index < -0.39 is 5.41 Å². The molecule has 10 aromatic carbocycles. The number of hydrogen-bond acceptors (Lipinski definition) is 3. The van der Waals surface area contributed by atoms with Gasteiger partial charge in [0, 0.05) is 22.1 Å². The third-order valence-electron chi connectivity index (χ3n) is 13.1. The van der Waals surface area contributed by atoms with E-state index in [4.69, 9.17) is 6.57 Å². The number of hydrogen-bond donors (Lipinski definition) is 0. The molecule has 0 aliphatic heterocycles. The van der Waals surface area contributed by atoms with Crippen LogP contribution in [0.5, 0.6) is 0 Å². The summed E-state index contributed by atoms with van der Waals surface area (Å²) in [5.41, 5.74) is 15.7. The van der Waals surface area contributed by atoms with Gasteiger partial charge in [0.05, 0.1) is 40.3 Å². The van der Waals surface area contributed by atoms with Crippen molar-refractivity contribution in [3.05, 3.63) is 258 Å². The van der Waals surface area contributed by atoms with Gasteiger partial charge >= 0.3 is 0 Å². The van der Waals surface area contributed by atoms with Crippen molar-refractivity contribution in [1.82, 2.24) is 0 Å². The number of nitrogens with zero attached hydrogens (tertiary/aromatic N) is 4. The molecule has 4 heteroatoms. The average Bonchev–Trinajstić information content (AvgIpc) is 3.82. The molecule has 4 nitrogen and oxygen atoms in total. The third-order valence-corrected chi connectivity index (χ3v) is 13.1. The Morgan fingerprint density at radius 1 is 0.397 bits per heavy atom. The fourth-order valence-electron chi connectivity index (χ4n) is 10.7. The summed E-state index contributed by atoms with van der Waals surface area (Å²) in [4.78, 5) is 8.61. The summed E-state index contributed by atoms with van der Waals surface area (Å²) in [7, 11) is 0. The van der Waals surface area contributed by atoms with Gasteiger partial charge in [-0.15, -0.1) is 0 Å². The van der Waals surface area contributed by atoms with E-state index in [1.165, 1.54) is 44.5 Å². The molecule has 0 saturated carbocycles. The van der Waals surface area contributed by atoms with Gasteiger partial charge in [-0.05, 0) is 110 Å². The fourth-order valence-corrected chi connectivity index (χ4v) is 10.7. The molecule has 2 aliphatic carbocycles. The number of para-hydroxylation sites is 5. The van der Waals surface area contributed by atoms with Crippen LogP contribution in [0.15, 0.2) is 218 Å². The van der Waals surface area contributed by atoms with Crippen molar-refractivity contribution in [2.45, 2.75) is 5.41 Å². The van der Waals surface area contributed by atoms with Gasteiger partial charge in [0.1, 0.15) is 6.07 Å². The van der Waals surface area contributed by atoms with E-state index in [0.717, 1.165) is 55.7 Å². The van der Waals surface area contributed by atoms with Crippen LogP contribution >= 0.6 is 0 Å². The van der Waals surface area contributed by atoms with Gasteiger partial charge in [-0.1, -0.05) is 164 Å². The summed E-state index contributed by atoms with van der Waals surface area (Å²) in [6.07, 6.45) is 0. The smallest absolute Gasteiger partial charge is 0.210 e. The second-order valence-corrected chi connectivity index (χ2v) is 16.1. The molecular weight excluding hydrogens is 765 g/mol. The predicted molar refractivity (Wildman–Crippen MR) is 258 cm³/mol. The lowest BCUT2D eigenvalue weighted by atomic mass is 9.70. The maximum Gasteiger partial charge on any atom is 0.210 e. The molecular formula is C59H36N4. The zero-order valence-corrected chi connectivity index (χ0v) is 34.1. The Kier molecular flexibility index (Phi) is 8.16. The average molecular weight is 801 g/mol. The number of rotatable bonds is 6. The number of nitriles is 1. The highest BCUT2D eigenvalue weighted by Crippen LogP contribution is 2.67. The Bertz CT molecular complexity index is 3320. The molecule has 63 heavy (non-hydrogen) atoms. The van der Waals surface area contributed by atoms with E-state index in [2.05, 4.69) is 191 Å². The largest absolute Gasteiger partial charge is 0.320 e. The van der Waals surface area contributed by atoms with Gasteiger partial charge in [0.2, 0.25) is 5.69 Å². The third kappa shape index (κ3) is 5.13. The molecule has 0 aromatic heterocycles. The van der Waals surface area contributed by atoms with Crippen LogP contribution in [0.4, 0.5) is 39.8 Å². The fraction of sp³-hybridized carbons (Fsp3) is 0.0169. The summed E-state index contributed by atoms with van der Waals surface area (Å²) in [5, 5.41) is 15.1. The molecule has 1 spiro atoms. The second-order valence-electron chi connectivity index (χ2n) is 16.1. The molecule has 0 amide bonds. The first-order valence-electron chi connectivity index (χ1n) is 21.2. The number of fused-ring (bicyclic) bond motifs is 14. The predicted octanol–water partition coefficient (Wildman–Crippen LogP) is 15.7. The van der Waals surface area contributed by atoms with Crippen LogP contribution in [-0.2, 0) is 5.41 Å². The maximum atomic E-state index is 10.6. The summed E-state index contributed by atoms with van der Waals surface area (Å²) < 4.78 is 0. The Hall–Kier alpha value is -8.70. The maximum absolute atomic E-state index is 10.6. The highest BCUT2D eigenvalue weighted by Gasteiger charge is 2.53. The van der Waals surface area contributed by atoms with E-state index >= 15 is 0 Å². The molecule has 0 radical (unpaired) electrons. The van der Waals surface area contributed by atoms with Gasteiger partial charge in [0.25, 0.3) is 0 Å². The number of benzene rings is 10. The molecule has 0 heterocycles. The number of anilines is 6. The van der Waals surface area contributed by atoms with E-state index in [0.29, 0.717) is 11.3 Å². The van der Waals surface area contributed by atoms with E-state index in [1.807, 2.05) is 48.5 Å². The first-order valence-corrected chi connectivity index (χ1v) is 21.2. The van der Waals surface area contributed by atoms with Crippen LogP contribution in [-0.4, -0.2) is 0 Å². The summed E-state index contributed by atoms with van der Waals surface area (Å²) in [6, 6.07) is 79.4. The molecule has 0 saturated heterocycles. The van der Waals surface area contributed by atoms with Crippen LogP contribution in [0.2, 0.25) is 0 Å². The molecule has 2 aliphatic rings. The van der Waals surface area contributed by atoms with Crippen molar-refractivity contribution in [1.29, 1.82) is 5.26 Å². The molecule has 0 fully saturated rings. The lowest BCUT2D eigenvalue weighted by Crippen LogP contribution is -2.27. The molecule has 0 unspecified atom stereocenters. The van der Waals surface area contributed by atoms with Gasteiger partial charge in [0.15, 0.2) is 0 Å². The van der Waals surface area contributed by atoms with Crippen molar-refractivity contribution < 1.29 is 0 Å². The van der Waals surface area contributed by atoms with Crippen molar-refractivity contribution in [3.63, 3.8) is 0 Å². The van der Waals surface area contributed by atoms with E-state index in [1.54, 1.807) is 0 Å². The second kappa shape index (κ2) is 14.2. The van der Waals surface area contributed by atoms with Crippen LogP contribution in [0.1, 0.15) is 27.8 Å².